The van der Waals surface area contributed by atoms with Gasteiger partial charge in [-0.3, -0.25) is 0 Å². The lowest BCUT2D eigenvalue weighted by Gasteiger charge is -2.10. The van der Waals surface area contributed by atoms with Crippen LogP contribution in [0.5, 0.6) is 5.75 Å². The summed E-state index contributed by atoms with van der Waals surface area (Å²) in [5, 5.41) is 8.50. The van der Waals surface area contributed by atoms with Crippen molar-refractivity contribution in [1.29, 1.82) is 0 Å². The van der Waals surface area contributed by atoms with Crippen molar-refractivity contribution >= 4 is 49.3 Å². The standard InChI is InChI=1S/C8H6Cl2O3S2/c9-14-5-2-1-3-6(15-10)8(5)13-4-7(11)12/h1-3H,4H2,(H,11,12). The Morgan fingerprint density at radius 3 is 2.27 bits per heavy atom. The molecular weight excluding hydrogens is 279 g/mol. The van der Waals surface area contributed by atoms with E-state index < -0.39 is 12.6 Å². The van der Waals surface area contributed by atoms with Crippen LogP contribution in [0.25, 0.3) is 0 Å². The minimum absolute atomic E-state index is 0.403. The van der Waals surface area contributed by atoms with Gasteiger partial charge in [-0.1, -0.05) is 6.07 Å². The minimum Gasteiger partial charge on any atom is -0.479 e. The first kappa shape index (κ1) is 12.8. The highest BCUT2D eigenvalue weighted by molar-refractivity contribution is 8.21. The van der Waals surface area contributed by atoms with Crippen molar-refractivity contribution in [3.8, 4) is 5.75 Å². The van der Waals surface area contributed by atoms with E-state index in [1.165, 1.54) is 0 Å². The van der Waals surface area contributed by atoms with Crippen LogP contribution >= 0.6 is 43.3 Å². The summed E-state index contributed by atoms with van der Waals surface area (Å²) in [4.78, 5) is 11.7. The van der Waals surface area contributed by atoms with Crippen LogP contribution in [0.1, 0.15) is 0 Å². The van der Waals surface area contributed by atoms with Crippen molar-refractivity contribution in [2.45, 2.75) is 9.79 Å². The van der Waals surface area contributed by atoms with Gasteiger partial charge in [-0.2, -0.15) is 0 Å². The highest BCUT2D eigenvalue weighted by atomic mass is 35.7. The van der Waals surface area contributed by atoms with Crippen molar-refractivity contribution in [2.75, 3.05) is 6.61 Å². The van der Waals surface area contributed by atoms with Gasteiger partial charge in [0.1, 0.15) is 5.75 Å². The summed E-state index contributed by atoms with van der Waals surface area (Å²) in [6.07, 6.45) is 0. The van der Waals surface area contributed by atoms with Gasteiger partial charge in [-0.15, -0.1) is 0 Å². The molecule has 0 spiro atoms. The molecule has 1 aromatic carbocycles. The van der Waals surface area contributed by atoms with Crippen LogP contribution < -0.4 is 4.74 Å². The van der Waals surface area contributed by atoms with Gasteiger partial charge in [0.25, 0.3) is 0 Å². The molecule has 0 radical (unpaired) electrons. The molecule has 3 nitrogen and oxygen atoms in total. The van der Waals surface area contributed by atoms with Gasteiger partial charge in [-0.05, 0) is 55.4 Å². The predicted octanol–water partition coefficient (Wildman–Crippen LogP) is 3.64. The number of ether oxygens (including phenoxy) is 1. The highest BCUT2D eigenvalue weighted by Crippen LogP contribution is 2.40. The van der Waals surface area contributed by atoms with Crippen LogP contribution in [-0.4, -0.2) is 17.7 Å². The molecule has 1 N–H and O–H groups in total. The van der Waals surface area contributed by atoms with E-state index in [0.717, 1.165) is 22.0 Å². The van der Waals surface area contributed by atoms with Gasteiger partial charge in [0.05, 0.1) is 9.79 Å². The number of hydrogen-bond donors (Lipinski definition) is 1. The normalized spacial score (nSPS) is 10.0. The van der Waals surface area contributed by atoms with Crippen LogP contribution in [-0.2, 0) is 4.79 Å². The summed E-state index contributed by atoms with van der Waals surface area (Å²) in [5.41, 5.74) is 0. The molecule has 7 heteroatoms. The molecule has 0 atom stereocenters. The summed E-state index contributed by atoms with van der Waals surface area (Å²) >= 11 is 0. The zero-order valence-electron chi connectivity index (χ0n) is 7.28. The van der Waals surface area contributed by atoms with Crippen molar-refractivity contribution in [3.05, 3.63) is 18.2 Å². The molecule has 1 aromatic rings. The Labute approximate surface area is 104 Å². The van der Waals surface area contributed by atoms with Crippen LogP contribution in [0, 0.1) is 0 Å². The summed E-state index contributed by atoms with van der Waals surface area (Å²) < 4.78 is 5.10. The van der Waals surface area contributed by atoms with Crippen LogP contribution in [0.15, 0.2) is 28.0 Å². The average Bonchev–Trinajstić information content (AvgIpc) is 2.25. The third-order valence-corrected chi connectivity index (χ3v) is 3.42. The summed E-state index contributed by atoms with van der Waals surface area (Å²) in [6.45, 7) is -0.418. The Morgan fingerprint density at radius 2 is 1.87 bits per heavy atom. The fraction of sp³-hybridized carbons (Fsp3) is 0.125. The summed E-state index contributed by atoms with van der Waals surface area (Å²) in [5.74, 6) is -0.644. The second kappa shape index (κ2) is 6.37. The SMILES string of the molecule is O=C(O)COc1c(SCl)cccc1SCl. The molecule has 0 saturated carbocycles. The van der Waals surface area contributed by atoms with Crippen LogP contribution in [0.3, 0.4) is 0 Å². The number of carboxylic acid groups (broad SMARTS) is 1. The maximum Gasteiger partial charge on any atom is 0.341 e. The first-order chi connectivity index (χ1) is 7.19. The minimum atomic E-state index is -1.05. The predicted molar refractivity (Wildman–Crippen MR) is 63.0 cm³/mol. The molecular formula is C8H6Cl2O3S2. The van der Waals surface area contributed by atoms with Gasteiger partial charge < -0.3 is 9.84 Å². The third-order valence-electron chi connectivity index (χ3n) is 1.45. The van der Waals surface area contributed by atoms with Gasteiger partial charge in [-0.25, -0.2) is 4.79 Å². The molecule has 0 bridgehead atoms. The molecule has 15 heavy (non-hydrogen) atoms. The van der Waals surface area contributed by atoms with Gasteiger partial charge in [0.2, 0.25) is 0 Å². The molecule has 0 unspecified atom stereocenters. The van der Waals surface area contributed by atoms with E-state index >= 15 is 0 Å². The van der Waals surface area contributed by atoms with E-state index in [4.69, 9.17) is 31.2 Å². The fourth-order valence-electron chi connectivity index (χ4n) is 0.893. The molecule has 0 aromatic heterocycles. The Kier molecular flexibility index (Phi) is 5.45. The first-order valence-electron chi connectivity index (χ1n) is 3.73. The van der Waals surface area contributed by atoms with E-state index in [-0.39, 0.29) is 0 Å². The van der Waals surface area contributed by atoms with E-state index in [1.54, 1.807) is 18.2 Å². The van der Waals surface area contributed by atoms with E-state index in [9.17, 15) is 4.79 Å². The van der Waals surface area contributed by atoms with Gasteiger partial charge in [0.15, 0.2) is 6.61 Å². The molecule has 0 saturated heterocycles. The smallest absolute Gasteiger partial charge is 0.341 e. The van der Waals surface area contributed by atoms with Gasteiger partial charge in [0, 0.05) is 0 Å². The lowest BCUT2D eigenvalue weighted by molar-refractivity contribution is -0.139. The molecule has 82 valence electrons. The number of benzene rings is 1. The number of hydrogen-bond acceptors (Lipinski definition) is 4. The number of para-hydroxylation sites is 1. The number of aliphatic carboxylic acids is 1. The van der Waals surface area contributed by atoms with E-state index in [0.29, 0.717) is 15.5 Å². The van der Waals surface area contributed by atoms with Crippen molar-refractivity contribution in [2.24, 2.45) is 0 Å². The maximum atomic E-state index is 10.4. The lowest BCUT2D eigenvalue weighted by Crippen LogP contribution is -2.10. The number of carbonyl (C=O) groups is 1. The monoisotopic (exact) mass is 284 g/mol. The van der Waals surface area contributed by atoms with Gasteiger partial charge >= 0.3 is 5.97 Å². The average molecular weight is 285 g/mol. The van der Waals surface area contributed by atoms with E-state index in [2.05, 4.69) is 0 Å². The Hall–Kier alpha value is -0.230. The third kappa shape index (κ3) is 3.68. The summed E-state index contributed by atoms with van der Waals surface area (Å²) in [7, 11) is 13.1. The highest BCUT2D eigenvalue weighted by Gasteiger charge is 2.11. The van der Waals surface area contributed by atoms with Crippen molar-refractivity contribution < 1.29 is 14.6 Å². The largest absolute Gasteiger partial charge is 0.479 e. The quantitative estimate of drug-likeness (QED) is 0.894. The Bertz CT molecular complexity index is 337. The number of carboxylic acids is 1. The van der Waals surface area contributed by atoms with Crippen molar-refractivity contribution in [1.82, 2.24) is 0 Å². The van der Waals surface area contributed by atoms with E-state index in [1.807, 2.05) is 0 Å². The molecule has 0 fully saturated rings. The first-order valence-corrected chi connectivity index (χ1v) is 7.02. The molecule has 1 rings (SSSR count). The number of rotatable bonds is 5. The van der Waals surface area contributed by atoms with Crippen LogP contribution in [0.4, 0.5) is 0 Å². The zero-order chi connectivity index (χ0) is 11.3. The molecule has 0 heterocycles. The van der Waals surface area contributed by atoms with Crippen LogP contribution in [0.2, 0.25) is 0 Å². The Balaban J connectivity index is 2.94. The van der Waals surface area contributed by atoms with Crippen molar-refractivity contribution in [3.63, 3.8) is 0 Å². The molecule has 0 aliphatic heterocycles. The second-order valence-electron chi connectivity index (χ2n) is 2.42. The Morgan fingerprint density at radius 1 is 1.33 bits per heavy atom. The topological polar surface area (TPSA) is 46.5 Å². The number of halogens is 2. The zero-order valence-corrected chi connectivity index (χ0v) is 10.4. The lowest BCUT2D eigenvalue weighted by atomic mass is 10.3. The second-order valence-corrected chi connectivity index (χ2v) is 4.53. The molecule has 0 aliphatic rings. The fourth-order valence-corrected chi connectivity index (χ4v) is 2.42. The maximum absolute atomic E-state index is 10.4. The molecule has 0 aliphatic carbocycles. The molecule has 0 amide bonds. The summed E-state index contributed by atoms with van der Waals surface area (Å²) in [6, 6.07) is 5.22.